The van der Waals surface area contributed by atoms with Crippen LogP contribution in [0.1, 0.15) is 37.8 Å². The maximum atomic E-state index is 12.7. The lowest BCUT2D eigenvalue weighted by Gasteiger charge is -2.30. The lowest BCUT2D eigenvalue weighted by Crippen LogP contribution is -2.41. The maximum Gasteiger partial charge on any atom is 0.391 e. The Morgan fingerprint density at radius 1 is 1.24 bits per heavy atom. The van der Waals surface area contributed by atoms with Gasteiger partial charge in [-0.3, -0.25) is 14.4 Å². The van der Waals surface area contributed by atoms with Gasteiger partial charge in [-0.1, -0.05) is 0 Å². The molecule has 0 radical (unpaired) electrons. The van der Waals surface area contributed by atoms with Crippen molar-refractivity contribution in [1.82, 2.24) is 15.1 Å². The molecule has 1 saturated heterocycles. The first-order valence-electron chi connectivity index (χ1n) is 8.88. The molecular formula is C17H25F3N4O. The van der Waals surface area contributed by atoms with E-state index in [9.17, 15) is 18.0 Å². The largest absolute Gasteiger partial charge is 0.391 e. The first-order chi connectivity index (χ1) is 11.8. The van der Waals surface area contributed by atoms with Gasteiger partial charge in [0.1, 0.15) is 5.82 Å². The summed E-state index contributed by atoms with van der Waals surface area (Å²) in [7, 11) is 1.81. The van der Waals surface area contributed by atoms with Crippen molar-refractivity contribution in [2.24, 2.45) is 18.9 Å². The molecule has 2 fully saturated rings. The molecule has 3 rings (SSSR count). The number of alkyl halides is 3. The molecule has 5 nitrogen and oxygen atoms in total. The average molecular weight is 358 g/mol. The molecule has 2 aliphatic rings. The second-order valence-electron chi connectivity index (χ2n) is 7.27. The summed E-state index contributed by atoms with van der Waals surface area (Å²) < 4.78 is 39.9. The van der Waals surface area contributed by atoms with E-state index in [2.05, 4.69) is 10.4 Å². The van der Waals surface area contributed by atoms with E-state index >= 15 is 0 Å². The average Bonchev–Trinajstić information content (AvgIpc) is 3.06. The molecule has 1 aromatic rings. The van der Waals surface area contributed by atoms with E-state index in [1.807, 2.05) is 20.0 Å². The fourth-order valence-corrected chi connectivity index (χ4v) is 3.95. The van der Waals surface area contributed by atoms with Crippen LogP contribution in [0.4, 0.5) is 19.0 Å². The lowest BCUT2D eigenvalue weighted by molar-refractivity contribution is -0.183. The molecule has 1 N–H and O–H groups in total. The number of amides is 1. The quantitative estimate of drug-likeness (QED) is 0.900. The van der Waals surface area contributed by atoms with E-state index in [1.165, 1.54) is 0 Å². The number of rotatable bonds is 4. The number of aromatic nitrogens is 2. The summed E-state index contributed by atoms with van der Waals surface area (Å²) >= 11 is 0. The normalized spacial score (nSPS) is 28.0. The Bertz CT molecular complexity index is 620. The lowest BCUT2D eigenvalue weighted by atomic mass is 9.81. The van der Waals surface area contributed by atoms with Gasteiger partial charge in [-0.05, 0) is 51.5 Å². The van der Waals surface area contributed by atoms with Crippen LogP contribution in [0, 0.1) is 18.8 Å². The van der Waals surface area contributed by atoms with Crippen molar-refractivity contribution in [3.05, 3.63) is 11.8 Å². The van der Waals surface area contributed by atoms with Crippen molar-refractivity contribution in [3.8, 4) is 0 Å². The van der Waals surface area contributed by atoms with Gasteiger partial charge in [0.05, 0.1) is 17.7 Å². The van der Waals surface area contributed by atoms with Crippen molar-refractivity contribution < 1.29 is 18.0 Å². The second kappa shape index (κ2) is 6.97. The molecule has 1 atom stereocenters. The summed E-state index contributed by atoms with van der Waals surface area (Å²) in [5.41, 5.74) is 0.864. The topological polar surface area (TPSA) is 50.2 Å². The van der Waals surface area contributed by atoms with E-state index in [0.717, 1.165) is 11.5 Å². The number of hydrogen-bond acceptors (Lipinski definition) is 3. The number of halogens is 3. The van der Waals surface area contributed by atoms with E-state index in [0.29, 0.717) is 32.4 Å². The summed E-state index contributed by atoms with van der Waals surface area (Å²) in [6.07, 6.45) is -1.81. The van der Waals surface area contributed by atoms with Gasteiger partial charge in [-0.2, -0.15) is 18.3 Å². The highest BCUT2D eigenvalue weighted by atomic mass is 19.4. The zero-order chi connectivity index (χ0) is 18.2. The molecule has 2 heterocycles. The van der Waals surface area contributed by atoms with Crippen molar-refractivity contribution in [1.29, 1.82) is 0 Å². The van der Waals surface area contributed by atoms with Gasteiger partial charge in [-0.15, -0.1) is 0 Å². The zero-order valence-electron chi connectivity index (χ0n) is 14.6. The van der Waals surface area contributed by atoms with Crippen molar-refractivity contribution >= 4 is 11.7 Å². The van der Waals surface area contributed by atoms with Crippen LogP contribution in [0.2, 0.25) is 0 Å². The van der Waals surface area contributed by atoms with E-state index in [-0.39, 0.29) is 30.7 Å². The SMILES string of the molecule is Cc1cc(N2CCC(NCC3CCC(C(F)(F)F)CC3)C2=O)n(C)n1. The molecule has 1 aliphatic carbocycles. The molecule has 1 aliphatic heterocycles. The third kappa shape index (κ3) is 3.99. The molecule has 1 aromatic heterocycles. The van der Waals surface area contributed by atoms with Crippen LogP contribution in [0.25, 0.3) is 0 Å². The van der Waals surface area contributed by atoms with E-state index < -0.39 is 12.1 Å². The smallest absolute Gasteiger partial charge is 0.306 e. The Morgan fingerprint density at radius 3 is 2.48 bits per heavy atom. The van der Waals surface area contributed by atoms with Gasteiger partial charge in [0, 0.05) is 19.7 Å². The van der Waals surface area contributed by atoms with Gasteiger partial charge in [0.25, 0.3) is 0 Å². The van der Waals surface area contributed by atoms with Gasteiger partial charge in [-0.25, -0.2) is 0 Å². The third-order valence-electron chi connectivity index (χ3n) is 5.42. The number of carbonyl (C=O) groups excluding carboxylic acids is 1. The highest BCUT2D eigenvalue weighted by Crippen LogP contribution is 2.39. The predicted molar refractivity (Wildman–Crippen MR) is 88.2 cm³/mol. The Balaban J connectivity index is 1.49. The zero-order valence-corrected chi connectivity index (χ0v) is 14.6. The van der Waals surface area contributed by atoms with Crippen molar-refractivity contribution in [2.75, 3.05) is 18.0 Å². The minimum absolute atomic E-state index is 0.0203. The minimum Gasteiger partial charge on any atom is -0.306 e. The van der Waals surface area contributed by atoms with E-state index in [1.54, 1.807) is 9.58 Å². The number of carbonyl (C=O) groups is 1. The van der Waals surface area contributed by atoms with Crippen LogP contribution >= 0.6 is 0 Å². The summed E-state index contributed by atoms with van der Waals surface area (Å²) in [4.78, 5) is 14.3. The maximum absolute atomic E-state index is 12.7. The molecule has 140 valence electrons. The van der Waals surface area contributed by atoms with Crippen LogP contribution in [0.5, 0.6) is 0 Å². The van der Waals surface area contributed by atoms with E-state index in [4.69, 9.17) is 0 Å². The monoisotopic (exact) mass is 358 g/mol. The first kappa shape index (κ1) is 18.2. The molecule has 25 heavy (non-hydrogen) atoms. The molecular weight excluding hydrogens is 333 g/mol. The van der Waals surface area contributed by atoms with Crippen LogP contribution in [0.15, 0.2) is 6.07 Å². The number of aryl methyl sites for hydroxylation is 2. The number of anilines is 1. The molecule has 1 saturated carbocycles. The van der Waals surface area contributed by atoms with Gasteiger partial charge in [0.15, 0.2) is 0 Å². The van der Waals surface area contributed by atoms with Crippen molar-refractivity contribution in [2.45, 2.75) is 51.2 Å². The summed E-state index contributed by atoms with van der Waals surface area (Å²) in [5.74, 6) is -0.121. The van der Waals surface area contributed by atoms with Gasteiger partial charge >= 0.3 is 6.18 Å². The molecule has 0 aromatic carbocycles. The highest BCUT2D eigenvalue weighted by molar-refractivity contribution is 5.98. The standard InChI is InChI=1S/C17H25F3N4O/c1-11-9-15(23(2)22-11)24-8-7-14(16(24)25)21-10-12-3-5-13(6-4-12)17(18,19)20/h9,12-14,21H,3-8,10H2,1-2H3. The number of nitrogens with one attached hydrogen (secondary N) is 1. The Hall–Kier alpha value is -1.57. The van der Waals surface area contributed by atoms with Gasteiger partial charge in [0.2, 0.25) is 5.91 Å². The van der Waals surface area contributed by atoms with Crippen LogP contribution < -0.4 is 10.2 Å². The molecule has 0 bridgehead atoms. The summed E-state index contributed by atoms with van der Waals surface area (Å²) in [6, 6.07) is 1.63. The Kier molecular flexibility index (Phi) is 5.09. The van der Waals surface area contributed by atoms with Crippen LogP contribution in [-0.2, 0) is 11.8 Å². The Labute approximate surface area is 145 Å². The van der Waals surface area contributed by atoms with Gasteiger partial charge < -0.3 is 5.32 Å². The highest BCUT2D eigenvalue weighted by Gasteiger charge is 2.41. The number of nitrogens with zero attached hydrogens (tertiary/aromatic N) is 3. The second-order valence-corrected chi connectivity index (χ2v) is 7.27. The first-order valence-corrected chi connectivity index (χ1v) is 8.88. The molecule has 1 unspecified atom stereocenters. The summed E-state index contributed by atoms with van der Waals surface area (Å²) in [5, 5.41) is 7.55. The summed E-state index contributed by atoms with van der Waals surface area (Å²) in [6.45, 7) is 3.13. The predicted octanol–water partition coefficient (Wildman–Crippen LogP) is 2.79. The minimum atomic E-state index is -4.07. The van der Waals surface area contributed by atoms with Crippen LogP contribution in [-0.4, -0.2) is 41.0 Å². The fourth-order valence-electron chi connectivity index (χ4n) is 3.95. The molecule has 0 spiro atoms. The molecule has 1 amide bonds. The van der Waals surface area contributed by atoms with Crippen LogP contribution in [0.3, 0.4) is 0 Å². The Morgan fingerprint density at radius 2 is 1.92 bits per heavy atom. The van der Waals surface area contributed by atoms with Crippen molar-refractivity contribution in [3.63, 3.8) is 0 Å². The molecule has 8 heteroatoms. The number of hydrogen-bond donors (Lipinski definition) is 1. The fraction of sp³-hybridized carbons (Fsp3) is 0.765. The third-order valence-corrected chi connectivity index (χ3v) is 5.42.